The molecule has 0 bridgehead atoms. The fourth-order valence-electron chi connectivity index (χ4n) is 6.05. The maximum absolute atomic E-state index is 13.8. The minimum absolute atomic E-state index is 0.0507. The van der Waals surface area contributed by atoms with Crippen LogP contribution in [0.25, 0.3) is 10.8 Å². The Bertz CT molecular complexity index is 1400. The number of hydrogen-bond donors (Lipinski definition) is 2. The SMILES string of the molecule is CCCN[C@@H](C1=C(C=O)C(c2c(OC)ccc3c(C)c(C(=O)O)ccc23)C2=C(CC(C)(C)CC2=O)O1)C(C)C. The van der Waals surface area contributed by atoms with Gasteiger partial charge >= 0.3 is 5.97 Å². The lowest BCUT2D eigenvalue weighted by Gasteiger charge is -2.41. The average molecular weight is 534 g/mol. The first-order valence-electron chi connectivity index (χ1n) is 13.7. The second kappa shape index (κ2) is 11.0. The number of nitrogens with one attached hydrogen (secondary N) is 1. The van der Waals surface area contributed by atoms with E-state index >= 15 is 0 Å². The van der Waals surface area contributed by atoms with Crippen LogP contribution in [0.1, 0.15) is 81.3 Å². The van der Waals surface area contributed by atoms with Crippen molar-refractivity contribution in [3.8, 4) is 5.75 Å². The molecule has 0 fully saturated rings. The van der Waals surface area contributed by atoms with E-state index in [0.717, 1.165) is 30.0 Å². The smallest absolute Gasteiger partial charge is 0.335 e. The number of ketones is 1. The zero-order valence-electron chi connectivity index (χ0n) is 23.9. The van der Waals surface area contributed by atoms with Crippen molar-refractivity contribution < 1.29 is 29.0 Å². The molecule has 0 saturated carbocycles. The molecule has 2 aromatic rings. The van der Waals surface area contributed by atoms with Gasteiger partial charge in [-0.1, -0.05) is 46.8 Å². The number of fused-ring (bicyclic) bond motifs is 1. The summed E-state index contributed by atoms with van der Waals surface area (Å²) in [7, 11) is 1.56. The van der Waals surface area contributed by atoms with Gasteiger partial charge in [0.15, 0.2) is 5.78 Å². The summed E-state index contributed by atoms with van der Waals surface area (Å²) < 4.78 is 12.4. The Morgan fingerprint density at radius 2 is 1.90 bits per heavy atom. The van der Waals surface area contributed by atoms with Crippen LogP contribution < -0.4 is 10.1 Å². The maximum Gasteiger partial charge on any atom is 0.335 e. The Labute approximate surface area is 230 Å². The van der Waals surface area contributed by atoms with E-state index in [1.54, 1.807) is 32.2 Å². The van der Waals surface area contributed by atoms with Crippen molar-refractivity contribution >= 4 is 28.8 Å². The Morgan fingerprint density at radius 3 is 2.49 bits per heavy atom. The molecule has 1 heterocycles. The molecule has 2 N–H and O–H groups in total. The quantitative estimate of drug-likeness (QED) is 0.376. The van der Waals surface area contributed by atoms with Crippen molar-refractivity contribution in [3.63, 3.8) is 0 Å². The number of benzene rings is 2. The number of aromatic carboxylic acids is 1. The van der Waals surface area contributed by atoms with Crippen LogP contribution in [0.2, 0.25) is 0 Å². The van der Waals surface area contributed by atoms with E-state index in [2.05, 4.69) is 39.9 Å². The molecular weight excluding hydrogens is 494 g/mol. The van der Waals surface area contributed by atoms with E-state index in [1.165, 1.54) is 0 Å². The lowest BCUT2D eigenvalue weighted by molar-refractivity contribution is -0.119. The van der Waals surface area contributed by atoms with Gasteiger partial charge in [-0.15, -0.1) is 0 Å². The molecule has 7 heteroatoms. The highest BCUT2D eigenvalue weighted by atomic mass is 16.5. The number of carbonyl (C=O) groups excluding carboxylic acids is 2. The Balaban J connectivity index is 2.10. The summed E-state index contributed by atoms with van der Waals surface area (Å²) in [6, 6.07) is 6.73. The fraction of sp³-hybridized carbons (Fsp3) is 0.469. The normalized spacial score (nSPS) is 19.7. The van der Waals surface area contributed by atoms with E-state index in [9.17, 15) is 19.5 Å². The number of carbonyl (C=O) groups is 3. The third kappa shape index (κ3) is 5.12. The monoisotopic (exact) mass is 533 g/mol. The fourth-order valence-corrected chi connectivity index (χ4v) is 6.05. The largest absolute Gasteiger partial charge is 0.496 e. The van der Waals surface area contributed by atoms with Crippen LogP contribution >= 0.6 is 0 Å². The third-order valence-electron chi connectivity index (χ3n) is 7.90. The number of ether oxygens (including phenoxy) is 2. The maximum atomic E-state index is 13.8. The van der Waals surface area contributed by atoms with Crippen molar-refractivity contribution in [2.45, 2.75) is 72.8 Å². The van der Waals surface area contributed by atoms with Crippen molar-refractivity contribution in [1.82, 2.24) is 5.32 Å². The first-order chi connectivity index (χ1) is 18.4. The molecule has 208 valence electrons. The molecule has 0 aromatic heterocycles. The molecule has 4 rings (SSSR count). The minimum Gasteiger partial charge on any atom is -0.496 e. The molecule has 0 saturated heterocycles. The molecule has 39 heavy (non-hydrogen) atoms. The van der Waals surface area contributed by atoms with Crippen LogP contribution in [-0.2, 0) is 14.3 Å². The molecule has 1 aliphatic carbocycles. The van der Waals surface area contributed by atoms with Gasteiger partial charge in [0.25, 0.3) is 0 Å². The zero-order valence-corrected chi connectivity index (χ0v) is 23.9. The van der Waals surface area contributed by atoms with E-state index < -0.39 is 11.9 Å². The van der Waals surface area contributed by atoms with Crippen LogP contribution in [-0.4, -0.2) is 42.8 Å². The molecule has 7 nitrogen and oxygen atoms in total. The van der Waals surface area contributed by atoms with E-state index in [1.807, 2.05) is 6.07 Å². The van der Waals surface area contributed by atoms with E-state index in [4.69, 9.17) is 9.47 Å². The second-order valence-corrected chi connectivity index (χ2v) is 11.7. The summed E-state index contributed by atoms with van der Waals surface area (Å²) in [4.78, 5) is 38.7. The lowest BCUT2D eigenvalue weighted by Crippen LogP contribution is -2.41. The summed E-state index contributed by atoms with van der Waals surface area (Å²) in [6.45, 7) is 12.9. The molecule has 2 aliphatic rings. The summed E-state index contributed by atoms with van der Waals surface area (Å²) in [5, 5.41) is 14.8. The van der Waals surface area contributed by atoms with Gasteiger partial charge in [-0.2, -0.15) is 0 Å². The first-order valence-corrected chi connectivity index (χ1v) is 13.7. The van der Waals surface area contributed by atoms with Crippen LogP contribution in [0.4, 0.5) is 0 Å². The Hall–Kier alpha value is -3.45. The highest BCUT2D eigenvalue weighted by Gasteiger charge is 2.45. The number of Topliss-reactive ketones (excluding diaryl/α,β-unsaturated/α-hetero) is 1. The molecule has 2 aromatic carbocycles. The molecule has 1 unspecified atom stereocenters. The highest BCUT2D eigenvalue weighted by molar-refractivity contribution is 6.05. The van der Waals surface area contributed by atoms with Crippen LogP contribution in [0.3, 0.4) is 0 Å². The van der Waals surface area contributed by atoms with E-state index in [0.29, 0.717) is 52.4 Å². The predicted molar refractivity (Wildman–Crippen MR) is 151 cm³/mol. The Kier molecular flexibility index (Phi) is 8.03. The standard InChI is InChI=1S/C32H39NO6/c1-8-13-33-29(17(2)3)30-22(16-34)27(28-23(35)14-32(5,6)15-25(28)39-30)26-21-10-9-20(31(36)37)18(4)19(21)11-12-24(26)38-7/h9-12,16-17,27,29,33H,8,13-15H2,1-7H3,(H,36,37)/t27?,29-/m1/s1. The number of hydrogen-bond acceptors (Lipinski definition) is 6. The molecule has 0 amide bonds. The van der Waals surface area contributed by atoms with Crippen molar-refractivity contribution in [1.29, 1.82) is 0 Å². The number of aldehydes is 1. The van der Waals surface area contributed by atoms with E-state index in [-0.39, 0.29) is 28.7 Å². The van der Waals surface area contributed by atoms with Gasteiger partial charge in [-0.05, 0) is 59.7 Å². The number of aryl methyl sites for hydroxylation is 1. The summed E-state index contributed by atoms with van der Waals surface area (Å²) in [6.07, 6.45) is 2.63. The van der Waals surface area contributed by atoms with Crippen LogP contribution in [0.5, 0.6) is 5.75 Å². The van der Waals surface area contributed by atoms with Crippen molar-refractivity contribution in [2.75, 3.05) is 13.7 Å². The number of methoxy groups -OCH3 is 1. The van der Waals surface area contributed by atoms with Crippen LogP contribution in [0.15, 0.2) is 46.9 Å². The van der Waals surface area contributed by atoms with Gasteiger partial charge in [-0.3, -0.25) is 9.59 Å². The predicted octanol–water partition coefficient (Wildman–Crippen LogP) is 6.09. The average Bonchev–Trinajstić information content (AvgIpc) is 2.86. The number of allylic oxidation sites excluding steroid dienone is 3. The summed E-state index contributed by atoms with van der Waals surface area (Å²) >= 11 is 0. The number of carboxylic acid groups (broad SMARTS) is 1. The van der Waals surface area contributed by atoms with Gasteiger partial charge in [0.2, 0.25) is 0 Å². The summed E-state index contributed by atoms with van der Waals surface area (Å²) in [5.41, 5.74) is 2.10. The van der Waals surface area contributed by atoms with Crippen molar-refractivity contribution in [2.24, 2.45) is 11.3 Å². The Morgan fingerprint density at radius 1 is 1.21 bits per heavy atom. The van der Waals surface area contributed by atoms with Gasteiger partial charge in [0, 0.05) is 29.6 Å². The van der Waals surface area contributed by atoms with Gasteiger partial charge in [-0.25, -0.2) is 4.79 Å². The van der Waals surface area contributed by atoms with Gasteiger partial charge < -0.3 is 19.9 Å². The second-order valence-electron chi connectivity index (χ2n) is 11.7. The minimum atomic E-state index is -1.01. The molecule has 0 radical (unpaired) electrons. The topological polar surface area (TPSA) is 102 Å². The molecular formula is C32H39NO6. The molecule has 1 aliphatic heterocycles. The lowest BCUT2D eigenvalue weighted by atomic mass is 9.68. The zero-order chi connectivity index (χ0) is 28.6. The first kappa shape index (κ1) is 28.6. The molecule has 0 spiro atoms. The number of carboxylic acids is 1. The number of rotatable bonds is 9. The van der Waals surface area contributed by atoms with Gasteiger partial charge in [0.05, 0.1) is 24.6 Å². The highest BCUT2D eigenvalue weighted by Crippen LogP contribution is 2.52. The molecule has 2 atom stereocenters. The van der Waals surface area contributed by atoms with Crippen LogP contribution in [0, 0.1) is 18.3 Å². The van der Waals surface area contributed by atoms with Crippen molar-refractivity contribution in [3.05, 3.63) is 63.6 Å². The third-order valence-corrected chi connectivity index (χ3v) is 7.90. The van der Waals surface area contributed by atoms with Gasteiger partial charge in [0.1, 0.15) is 23.6 Å². The summed E-state index contributed by atoms with van der Waals surface area (Å²) in [5.74, 6) is 0.0249.